The number of aliphatic hydroxyl groups excluding tert-OH is 1. The van der Waals surface area contributed by atoms with Gasteiger partial charge in [-0.25, -0.2) is 0 Å². The summed E-state index contributed by atoms with van der Waals surface area (Å²) in [6, 6.07) is 7.80. The Balaban J connectivity index is 1.73. The Hall–Kier alpha value is -0.940. The monoisotopic (exact) mass is 265 g/mol. The number of benzene rings is 1. The molecule has 0 bridgehead atoms. The number of hydrogen-bond donors (Lipinski definition) is 2. The van der Waals surface area contributed by atoms with Crippen molar-refractivity contribution in [3.63, 3.8) is 0 Å². The smallest absolute Gasteiger partial charge is 0.0940 e. The normalized spacial score (nSPS) is 22.4. The van der Waals surface area contributed by atoms with Gasteiger partial charge in [-0.05, 0) is 25.0 Å². The second kappa shape index (κ2) is 6.48. The molecule has 4 heteroatoms. The first kappa shape index (κ1) is 14.5. The SMILES string of the molecule is CC1(C)CNCC(COCc2ccc(CO)cc2)O1. The summed E-state index contributed by atoms with van der Waals surface area (Å²) in [5, 5.41) is 12.3. The van der Waals surface area contributed by atoms with Gasteiger partial charge < -0.3 is 19.9 Å². The lowest BCUT2D eigenvalue weighted by Crippen LogP contribution is -2.51. The molecule has 0 aromatic heterocycles. The van der Waals surface area contributed by atoms with Gasteiger partial charge >= 0.3 is 0 Å². The summed E-state index contributed by atoms with van der Waals surface area (Å²) >= 11 is 0. The molecule has 1 aliphatic rings. The van der Waals surface area contributed by atoms with E-state index in [1.165, 1.54) is 0 Å². The van der Waals surface area contributed by atoms with Gasteiger partial charge in [-0.15, -0.1) is 0 Å². The minimum Gasteiger partial charge on any atom is -0.392 e. The fourth-order valence-electron chi connectivity index (χ4n) is 2.21. The van der Waals surface area contributed by atoms with E-state index in [2.05, 4.69) is 19.2 Å². The fourth-order valence-corrected chi connectivity index (χ4v) is 2.21. The highest BCUT2D eigenvalue weighted by Crippen LogP contribution is 2.15. The quantitative estimate of drug-likeness (QED) is 0.846. The first-order valence-corrected chi connectivity index (χ1v) is 6.74. The molecule has 1 heterocycles. The zero-order valence-corrected chi connectivity index (χ0v) is 11.7. The third-order valence-electron chi connectivity index (χ3n) is 3.19. The van der Waals surface area contributed by atoms with Gasteiger partial charge in [0.05, 0.1) is 31.5 Å². The summed E-state index contributed by atoms with van der Waals surface area (Å²) in [5.41, 5.74) is 1.92. The summed E-state index contributed by atoms with van der Waals surface area (Å²) in [7, 11) is 0. The molecule has 0 aliphatic carbocycles. The second-order valence-electron chi connectivity index (χ2n) is 5.62. The maximum Gasteiger partial charge on any atom is 0.0940 e. The van der Waals surface area contributed by atoms with Gasteiger partial charge in [0.15, 0.2) is 0 Å². The van der Waals surface area contributed by atoms with Crippen LogP contribution in [-0.4, -0.2) is 36.5 Å². The molecule has 0 spiro atoms. The van der Waals surface area contributed by atoms with Crippen LogP contribution in [0.15, 0.2) is 24.3 Å². The lowest BCUT2D eigenvalue weighted by molar-refractivity contribution is -0.122. The summed E-state index contributed by atoms with van der Waals surface area (Å²) in [5.74, 6) is 0. The van der Waals surface area contributed by atoms with Gasteiger partial charge in [-0.3, -0.25) is 0 Å². The van der Waals surface area contributed by atoms with E-state index in [4.69, 9.17) is 14.6 Å². The van der Waals surface area contributed by atoms with Gasteiger partial charge in [-0.1, -0.05) is 24.3 Å². The van der Waals surface area contributed by atoms with Crippen LogP contribution in [0.3, 0.4) is 0 Å². The van der Waals surface area contributed by atoms with Crippen molar-refractivity contribution in [2.75, 3.05) is 19.7 Å². The van der Waals surface area contributed by atoms with Crippen molar-refractivity contribution in [3.05, 3.63) is 35.4 Å². The minimum atomic E-state index is -0.116. The molecule has 2 rings (SSSR count). The van der Waals surface area contributed by atoms with Crippen LogP contribution in [0.25, 0.3) is 0 Å². The Bertz CT molecular complexity index is 389. The molecular weight excluding hydrogens is 242 g/mol. The van der Waals surface area contributed by atoms with E-state index >= 15 is 0 Å². The van der Waals surface area contributed by atoms with E-state index in [9.17, 15) is 0 Å². The maximum absolute atomic E-state index is 8.97. The lowest BCUT2D eigenvalue weighted by Gasteiger charge is -2.36. The topological polar surface area (TPSA) is 50.7 Å². The van der Waals surface area contributed by atoms with E-state index in [1.54, 1.807) is 0 Å². The largest absolute Gasteiger partial charge is 0.392 e. The molecule has 0 saturated carbocycles. The van der Waals surface area contributed by atoms with Gasteiger partial charge in [0.25, 0.3) is 0 Å². The molecule has 106 valence electrons. The number of morpholine rings is 1. The molecule has 19 heavy (non-hydrogen) atoms. The Morgan fingerprint density at radius 3 is 2.63 bits per heavy atom. The van der Waals surface area contributed by atoms with Crippen LogP contribution in [0.5, 0.6) is 0 Å². The zero-order chi connectivity index (χ0) is 13.7. The number of rotatable bonds is 5. The summed E-state index contributed by atoms with van der Waals surface area (Å²) < 4.78 is 11.6. The van der Waals surface area contributed by atoms with Crippen LogP contribution in [0.4, 0.5) is 0 Å². The predicted octanol–water partition coefficient (Wildman–Crippen LogP) is 1.46. The van der Waals surface area contributed by atoms with Crippen molar-refractivity contribution < 1.29 is 14.6 Å². The lowest BCUT2D eigenvalue weighted by atomic mass is 10.1. The standard InChI is InChI=1S/C15H23NO3/c1-15(2)11-16-7-14(19-15)10-18-9-13-5-3-12(8-17)4-6-13/h3-6,14,16-17H,7-11H2,1-2H3. The number of aliphatic hydroxyl groups is 1. The van der Waals surface area contributed by atoms with E-state index < -0.39 is 0 Å². The van der Waals surface area contributed by atoms with Crippen molar-refractivity contribution in [2.24, 2.45) is 0 Å². The van der Waals surface area contributed by atoms with Gasteiger partial charge in [-0.2, -0.15) is 0 Å². The van der Waals surface area contributed by atoms with Gasteiger partial charge in [0.2, 0.25) is 0 Å². The van der Waals surface area contributed by atoms with Crippen LogP contribution >= 0.6 is 0 Å². The molecule has 2 N–H and O–H groups in total. The van der Waals surface area contributed by atoms with Crippen LogP contribution in [-0.2, 0) is 22.7 Å². The molecule has 1 saturated heterocycles. The van der Waals surface area contributed by atoms with Crippen LogP contribution in [0.2, 0.25) is 0 Å². The Kier molecular flexibility index (Phi) is 4.93. The van der Waals surface area contributed by atoms with Crippen molar-refractivity contribution in [1.82, 2.24) is 5.32 Å². The summed E-state index contributed by atoms with van der Waals surface area (Å²) in [4.78, 5) is 0. The van der Waals surface area contributed by atoms with Crippen molar-refractivity contribution in [1.29, 1.82) is 0 Å². The molecule has 1 fully saturated rings. The molecule has 1 unspecified atom stereocenters. The molecule has 4 nitrogen and oxygen atoms in total. The molecule has 1 atom stereocenters. The van der Waals surface area contributed by atoms with Crippen LogP contribution in [0, 0.1) is 0 Å². The summed E-state index contributed by atoms with van der Waals surface area (Å²) in [6.45, 7) is 7.14. The van der Waals surface area contributed by atoms with E-state index in [-0.39, 0.29) is 18.3 Å². The third-order valence-corrected chi connectivity index (χ3v) is 3.19. The zero-order valence-electron chi connectivity index (χ0n) is 11.7. The maximum atomic E-state index is 8.97. The van der Waals surface area contributed by atoms with E-state index in [0.717, 1.165) is 24.2 Å². The fraction of sp³-hybridized carbons (Fsp3) is 0.600. The first-order chi connectivity index (χ1) is 9.09. The van der Waals surface area contributed by atoms with Crippen LogP contribution < -0.4 is 5.32 Å². The van der Waals surface area contributed by atoms with Crippen molar-refractivity contribution >= 4 is 0 Å². The number of ether oxygens (including phenoxy) is 2. The molecule has 0 amide bonds. The Morgan fingerprint density at radius 1 is 1.32 bits per heavy atom. The molecule has 1 aromatic rings. The van der Waals surface area contributed by atoms with E-state index in [1.807, 2.05) is 24.3 Å². The molecular formula is C15H23NO3. The average molecular weight is 265 g/mol. The van der Waals surface area contributed by atoms with E-state index in [0.29, 0.717) is 13.2 Å². The third kappa shape index (κ3) is 4.58. The molecule has 1 aromatic carbocycles. The number of hydrogen-bond acceptors (Lipinski definition) is 4. The average Bonchev–Trinajstić information content (AvgIpc) is 2.38. The Morgan fingerprint density at radius 2 is 2.00 bits per heavy atom. The van der Waals surface area contributed by atoms with Gasteiger partial charge in [0, 0.05) is 13.1 Å². The highest BCUT2D eigenvalue weighted by atomic mass is 16.5. The molecule has 0 radical (unpaired) electrons. The van der Waals surface area contributed by atoms with Crippen LogP contribution in [0.1, 0.15) is 25.0 Å². The highest BCUT2D eigenvalue weighted by Gasteiger charge is 2.28. The van der Waals surface area contributed by atoms with Gasteiger partial charge in [0.1, 0.15) is 0 Å². The highest BCUT2D eigenvalue weighted by molar-refractivity contribution is 5.21. The first-order valence-electron chi connectivity index (χ1n) is 6.74. The summed E-state index contributed by atoms with van der Waals surface area (Å²) in [6.07, 6.45) is 0.112. The molecule has 1 aliphatic heterocycles. The minimum absolute atomic E-state index is 0.0812. The second-order valence-corrected chi connectivity index (χ2v) is 5.62. The predicted molar refractivity (Wildman–Crippen MR) is 73.8 cm³/mol. The number of nitrogens with one attached hydrogen (secondary N) is 1. The Labute approximate surface area is 114 Å². The van der Waals surface area contributed by atoms with Crippen molar-refractivity contribution in [2.45, 2.75) is 38.8 Å². The van der Waals surface area contributed by atoms with Crippen molar-refractivity contribution in [3.8, 4) is 0 Å².